The summed E-state index contributed by atoms with van der Waals surface area (Å²) in [7, 11) is 1.53. The number of fused-ring (bicyclic) bond motifs is 1. The van der Waals surface area contributed by atoms with Gasteiger partial charge in [-0.15, -0.1) is 0 Å². The summed E-state index contributed by atoms with van der Waals surface area (Å²) < 4.78 is 49.5. The SMILES string of the molecule is COc1ccc2oc(CNC(=O)Cc3ccccc3C(F)(F)F)nc2c1. The number of rotatable bonds is 5. The third kappa shape index (κ3) is 3.96. The van der Waals surface area contributed by atoms with E-state index in [0.717, 1.165) is 6.07 Å². The summed E-state index contributed by atoms with van der Waals surface area (Å²) >= 11 is 0. The lowest BCUT2D eigenvalue weighted by molar-refractivity contribution is -0.138. The normalized spacial score (nSPS) is 11.5. The van der Waals surface area contributed by atoms with E-state index in [-0.39, 0.29) is 24.4 Å². The molecule has 0 bridgehead atoms. The van der Waals surface area contributed by atoms with Crippen molar-refractivity contribution in [3.63, 3.8) is 0 Å². The van der Waals surface area contributed by atoms with Crippen LogP contribution in [0.1, 0.15) is 17.0 Å². The number of carbonyl (C=O) groups is 1. The van der Waals surface area contributed by atoms with Crippen LogP contribution in [0.25, 0.3) is 11.1 Å². The molecule has 1 amide bonds. The number of nitrogens with zero attached hydrogens (tertiary/aromatic N) is 1. The fourth-order valence-electron chi connectivity index (χ4n) is 2.52. The Kier molecular flexibility index (Phi) is 4.83. The molecule has 2 aromatic carbocycles. The van der Waals surface area contributed by atoms with Crippen molar-refractivity contribution in [2.24, 2.45) is 0 Å². The van der Waals surface area contributed by atoms with E-state index >= 15 is 0 Å². The second-order valence-electron chi connectivity index (χ2n) is 5.55. The predicted octanol–water partition coefficient (Wildman–Crippen LogP) is 3.71. The van der Waals surface area contributed by atoms with E-state index in [4.69, 9.17) is 9.15 Å². The first-order chi connectivity index (χ1) is 12.4. The van der Waals surface area contributed by atoms with Crippen LogP contribution in [0, 0.1) is 0 Å². The number of hydrogen-bond donors (Lipinski definition) is 1. The van der Waals surface area contributed by atoms with Crippen LogP contribution < -0.4 is 10.1 Å². The number of ether oxygens (including phenoxy) is 1. The van der Waals surface area contributed by atoms with Gasteiger partial charge in [-0.25, -0.2) is 4.98 Å². The molecule has 0 saturated carbocycles. The Morgan fingerprint density at radius 1 is 1.23 bits per heavy atom. The van der Waals surface area contributed by atoms with Gasteiger partial charge in [0.05, 0.1) is 25.6 Å². The molecular formula is C18H15F3N2O3. The molecule has 0 aliphatic rings. The zero-order valence-electron chi connectivity index (χ0n) is 13.8. The molecule has 0 fully saturated rings. The highest BCUT2D eigenvalue weighted by Crippen LogP contribution is 2.32. The molecule has 1 N–H and O–H groups in total. The van der Waals surface area contributed by atoms with Gasteiger partial charge in [0.1, 0.15) is 11.3 Å². The first-order valence-electron chi connectivity index (χ1n) is 7.72. The highest BCUT2D eigenvalue weighted by atomic mass is 19.4. The van der Waals surface area contributed by atoms with Crippen LogP contribution in [0.15, 0.2) is 46.9 Å². The zero-order valence-corrected chi connectivity index (χ0v) is 13.8. The predicted molar refractivity (Wildman–Crippen MR) is 87.6 cm³/mol. The summed E-state index contributed by atoms with van der Waals surface area (Å²) in [5.41, 5.74) is 0.192. The van der Waals surface area contributed by atoms with Crippen LogP contribution >= 0.6 is 0 Å². The molecule has 0 radical (unpaired) electrons. The summed E-state index contributed by atoms with van der Waals surface area (Å²) in [6.45, 7) is -0.0238. The molecule has 0 saturated heterocycles. The number of aromatic nitrogens is 1. The van der Waals surface area contributed by atoms with Crippen LogP contribution in [-0.4, -0.2) is 18.0 Å². The van der Waals surface area contributed by atoms with Crippen molar-refractivity contribution in [1.29, 1.82) is 0 Å². The Labute approximate surface area is 146 Å². The Bertz CT molecular complexity index is 935. The summed E-state index contributed by atoms with van der Waals surface area (Å²) in [6, 6.07) is 10.1. The highest BCUT2D eigenvalue weighted by Gasteiger charge is 2.33. The standard InChI is InChI=1S/C18H15F3N2O3/c1-25-12-6-7-15-14(9-12)23-17(26-15)10-22-16(24)8-11-4-2-3-5-13(11)18(19,20)21/h2-7,9H,8,10H2,1H3,(H,22,24). The number of carbonyl (C=O) groups excluding carboxylic acids is 1. The molecular weight excluding hydrogens is 349 g/mol. The molecule has 8 heteroatoms. The lowest BCUT2D eigenvalue weighted by atomic mass is 10.0. The van der Waals surface area contributed by atoms with E-state index in [2.05, 4.69) is 10.3 Å². The second kappa shape index (κ2) is 7.07. The molecule has 0 spiro atoms. The summed E-state index contributed by atoms with van der Waals surface area (Å²) in [6.07, 6.45) is -4.89. The van der Waals surface area contributed by atoms with Crippen LogP contribution in [-0.2, 0) is 23.9 Å². The second-order valence-corrected chi connectivity index (χ2v) is 5.55. The third-order valence-corrected chi connectivity index (χ3v) is 3.75. The molecule has 0 aliphatic heterocycles. The van der Waals surface area contributed by atoms with E-state index < -0.39 is 17.6 Å². The lowest BCUT2D eigenvalue weighted by Gasteiger charge is -2.12. The maximum Gasteiger partial charge on any atom is 0.416 e. The number of halogens is 3. The minimum Gasteiger partial charge on any atom is -0.497 e. The quantitative estimate of drug-likeness (QED) is 0.750. The molecule has 0 atom stereocenters. The van der Waals surface area contributed by atoms with E-state index in [0.29, 0.717) is 16.8 Å². The van der Waals surface area contributed by atoms with Crippen LogP contribution in [0.3, 0.4) is 0 Å². The van der Waals surface area contributed by atoms with Crippen molar-refractivity contribution in [3.8, 4) is 5.75 Å². The Morgan fingerprint density at radius 2 is 2.00 bits per heavy atom. The largest absolute Gasteiger partial charge is 0.497 e. The van der Waals surface area contributed by atoms with Crippen molar-refractivity contribution in [1.82, 2.24) is 10.3 Å². The monoisotopic (exact) mass is 364 g/mol. The molecule has 3 rings (SSSR count). The fourth-order valence-corrected chi connectivity index (χ4v) is 2.52. The summed E-state index contributed by atoms with van der Waals surface area (Å²) in [5.74, 6) is 0.317. The molecule has 136 valence electrons. The summed E-state index contributed by atoms with van der Waals surface area (Å²) in [4.78, 5) is 16.2. The van der Waals surface area contributed by atoms with Crippen LogP contribution in [0.2, 0.25) is 0 Å². The number of benzene rings is 2. The molecule has 26 heavy (non-hydrogen) atoms. The van der Waals surface area contributed by atoms with Gasteiger partial charge in [-0.05, 0) is 23.8 Å². The van der Waals surface area contributed by atoms with Gasteiger partial charge in [-0.1, -0.05) is 18.2 Å². The van der Waals surface area contributed by atoms with Gasteiger partial charge in [0.25, 0.3) is 0 Å². The van der Waals surface area contributed by atoms with Crippen LogP contribution in [0.5, 0.6) is 5.75 Å². The highest BCUT2D eigenvalue weighted by molar-refractivity contribution is 5.79. The molecule has 5 nitrogen and oxygen atoms in total. The smallest absolute Gasteiger partial charge is 0.416 e. The first-order valence-corrected chi connectivity index (χ1v) is 7.72. The van der Waals surface area contributed by atoms with Crippen molar-refractivity contribution in [2.75, 3.05) is 7.11 Å². The minimum atomic E-state index is -4.50. The third-order valence-electron chi connectivity index (χ3n) is 3.75. The van der Waals surface area contributed by atoms with Gasteiger partial charge in [0.2, 0.25) is 11.8 Å². The van der Waals surface area contributed by atoms with Crippen LogP contribution in [0.4, 0.5) is 13.2 Å². The lowest BCUT2D eigenvalue weighted by Crippen LogP contribution is -2.25. The molecule has 3 aromatic rings. The number of methoxy groups -OCH3 is 1. The van der Waals surface area contributed by atoms with E-state index in [9.17, 15) is 18.0 Å². The zero-order chi connectivity index (χ0) is 18.7. The van der Waals surface area contributed by atoms with Gasteiger partial charge in [0, 0.05) is 6.07 Å². The topological polar surface area (TPSA) is 64.4 Å². The van der Waals surface area contributed by atoms with Gasteiger partial charge >= 0.3 is 6.18 Å². The average molecular weight is 364 g/mol. The number of nitrogens with one attached hydrogen (secondary N) is 1. The van der Waals surface area contributed by atoms with Crippen molar-refractivity contribution >= 4 is 17.0 Å². The number of amides is 1. The molecule has 1 heterocycles. The van der Waals surface area contributed by atoms with Crippen molar-refractivity contribution in [2.45, 2.75) is 19.1 Å². The first kappa shape index (κ1) is 17.8. The number of oxazole rings is 1. The Hall–Kier alpha value is -3.03. The van der Waals surface area contributed by atoms with Crippen molar-refractivity contribution < 1.29 is 27.1 Å². The van der Waals surface area contributed by atoms with Gasteiger partial charge in [0.15, 0.2) is 5.58 Å². The maximum absolute atomic E-state index is 13.0. The van der Waals surface area contributed by atoms with E-state index in [1.165, 1.54) is 25.3 Å². The van der Waals surface area contributed by atoms with Gasteiger partial charge < -0.3 is 14.5 Å². The molecule has 0 unspecified atom stereocenters. The number of alkyl halides is 3. The minimum absolute atomic E-state index is 0.0238. The van der Waals surface area contributed by atoms with Crippen molar-refractivity contribution in [3.05, 3.63) is 59.5 Å². The maximum atomic E-state index is 13.0. The van der Waals surface area contributed by atoms with E-state index in [1.54, 1.807) is 18.2 Å². The summed E-state index contributed by atoms with van der Waals surface area (Å²) in [5, 5.41) is 2.52. The Morgan fingerprint density at radius 3 is 2.73 bits per heavy atom. The van der Waals surface area contributed by atoms with Gasteiger partial charge in [-0.2, -0.15) is 13.2 Å². The molecule has 1 aromatic heterocycles. The van der Waals surface area contributed by atoms with Gasteiger partial charge in [-0.3, -0.25) is 4.79 Å². The fraction of sp³-hybridized carbons (Fsp3) is 0.222. The average Bonchev–Trinajstić information content (AvgIpc) is 3.01. The number of hydrogen-bond acceptors (Lipinski definition) is 4. The van der Waals surface area contributed by atoms with E-state index in [1.807, 2.05) is 0 Å². The Balaban J connectivity index is 1.66. The molecule has 0 aliphatic carbocycles.